The minimum Gasteiger partial charge on any atom is -0.459 e. The van der Waals surface area contributed by atoms with Crippen molar-refractivity contribution < 1.29 is 63.0 Å². The highest BCUT2D eigenvalue weighted by Crippen LogP contribution is 2.36. The van der Waals surface area contributed by atoms with E-state index in [2.05, 4.69) is 16.1 Å². The third kappa shape index (κ3) is 6.78. The molecule has 0 aromatic carbocycles. The van der Waals surface area contributed by atoms with Gasteiger partial charge in [0.05, 0.1) is 6.42 Å². The molecule has 25 heavy (non-hydrogen) atoms. The van der Waals surface area contributed by atoms with Crippen molar-refractivity contribution in [2.75, 3.05) is 13.2 Å². The van der Waals surface area contributed by atoms with Gasteiger partial charge in [0.1, 0.15) is 0 Å². The highest BCUT2D eigenvalue weighted by atomic mass is 19.4. The summed E-state index contributed by atoms with van der Waals surface area (Å²) in [5.74, 6) is -14.6. The quantitative estimate of drug-likeness (QED) is 0.377. The van der Waals surface area contributed by atoms with E-state index in [0.717, 1.165) is 0 Å². The molecule has 0 aromatic heterocycles. The molecule has 4 nitrogen and oxygen atoms in total. The van der Waals surface area contributed by atoms with Crippen molar-refractivity contribution in [3.63, 3.8) is 0 Å². The fourth-order valence-corrected chi connectivity index (χ4v) is 0.890. The molecule has 0 fully saturated rings. The van der Waals surface area contributed by atoms with Crippen LogP contribution in [0.15, 0.2) is 12.2 Å². The maximum atomic E-state index is 12.5. The van der Waals surface area contributed by atoms with Crippen LogP contribution >= 0.6 is 0 Å². The van der Waals surface area contributed by atoms with Crippen LogP contribution in [0.3, 0.4) is 0 Å². The number of carbonyl (C=O) groups is 2. The maximum absolute atomic E-state index is 12.5. The van der Waals surface area contributed by atoms with E-state index in [1.54, 1.807) is 0 Å². The lowest BCUT2D eigenvalue weighted by Crippen LogP contribution is -2.42. The summed E-state index contributed by atoms with van der Waals surface area (Å²) >= 11 is 0. The van der Waals surface area contributed by atoms with Gasteiger partial charge in [-0.2, -0.15) is 43.9 Å². The van der Waals surface area contributed by atoms with E-state index in [0.29, 0.717) is 0 Å². The zero-order valence-electron chi connectivity index (χ0n) is 11.7. The molecular weight excluding hydrogens is 386 g/mol. The molecule has 0 radical (unpaired) electrons. The number of esters is 2. The Morgan fingerprint density at radius 2 is 1.08 bits per heavy atom. The molecule has 0 aliphatic carbocycles. The Kier molecular flexibility index (Phi) is 6.87. The van der Waals surface area contributed by atoms with Gasteiger partial charge in [0, 0.05) is 5.57 Å². The molecule has 0 N–H and O–H groups in total. The van der Waals surface area contributed by atoms with Crippen molar-refractivity contribution in [3.8, 4) is 0 Å². The summed E-state index contributed by atoms with van der Waals surface area (Å²) < 4.78 is 128. The fourth-order valence-electron chi connectivity index (χ4n) is 0.890. The Morgan fingerprint density at radius 3 is 1.44 bits per heavy atom. The Morgan fingerprint density at radius 1 is 0.720 bits per heavy atom. The molecule has 146 valence electrons. The van der Waals surface area contributed by atoms with Gasteiger partial charge >= 0.3 is 36.1 Å². The molecule has 0 heterocycles. The first-order chi connectivity index (χ1) is 10.9. The summed E-state index contributed by atoms with van der Waals surface area (Å²) in [6.07, 6.45) is -13.4. The monoisotopic (exact) mass is 394 g/mol. The van der Waals surface area contributed by atoms with Gasteiger partial charge in [0.25, 0.3) is 0 Å². The van der Waals surface area contributed by atoms with Crippen LogP contribution in [0, 0.1) is 0 Å². The highest BCUT2D eigenvalue weighted by Gasteiger charge is 2.59. The average Bonchev–Trinajstić information content (AvgIpc) is 2.40. The first kappa shape index (κ1) is 23.0. The maximum Gasteiger partial charge on any atom is 0.456 e. The number of hydrogen-bond donors (Lipinski definition) is 0. The van der Waals surface area contributed by atoms with E-state index in [9.17, 15) is 53.5 Å². The predicted octanol–water partition coefficient (Wildman–Crippen LogP) is 3.41. The third-order valence-corrected chi connectivity index (χ3v) is 2.27. The average molecular weight is 394 g/mol. The summed E-state index contributed by atoms with van der Waals surface area (Å²) in [6, 6.07) is 0. The molecular formula is C11H8F10O4. The van der Waals surface area contributed by atoms with E-state index in [1.165, 1.54) is 0 Å². The molecule has 0 bridgehead atoms. The Bertz CT molecular complexity index is 520. The van der Waals surface area contributed by atoms with Crippen LogP contribution in [-0.4, -0.2) is 49.4 Å². The molecule has 0 saturated carbocycles. The van der Waals surface area contributed by atoms with Crippen molar-refractivity contribution in [2.24, 2.45) is 0 Å². The topological polar surface area (TPSA) is 52.6 Å². The summed E-state index contributed by atoms with van der Waals surface area (Å²) in [5.41, 5.74) is -1.10. The van der Waals surface area contributed by atoms with Gasteiger partial charge in [-0.3, -0.25) is 4.79 Å². The molecule has 0 rings (SSSR count). The molecule has 14 heteroatoms. The van der Waals surface area contributed by atoms with Crippen LogP contribution in [0.1, 0.15) is 6.42 Å². The molecule has 0 spiro atoms. The third-order valence-electron chi connectivity index (χ3n) is 2.27. The summed E-state index contributed by atoms with van der Waals surface area (Å²) in [4.78, 5) is 22.0. The van der Waals surface area contributed by atoms with Crippen LogP contribution in [0.5, 0.6) is 0 Å². The van der Waals surface area contributed by atoms with E-state index in [1.807, 2.05) is 0 Å². The Labute approximate surface area is 132 Å². The smallest absolute Gasteiger partial charge is 0.456 e. The van der Waals surface area contributed by atoms with Gasteiger partial charge in [-0.05, 0) is 0 Å². The Balaban J connectivity index is 4.50. The second-order valence-corrected chi connectivity index (χ2v) is 4.42. The number of halogens is 10. The van der Waals surface area contributed by atoms with Gasteiger partial charge in [-0.15, -0.1) is 0 Å². The van der Waals surface area contributed by atoms with Crippen molar-refractivity contribution in [1.82, 2.24) is 0 Å². The van der Waals surface area contributed by atoms with E-state index >= 15 is 0 Å². The van der Waals surface area contributed by atoms with Gasteiger partial charge in [-0.1, -0.05) is 6.58 Å². The minimum atomic E-state index is -6.03. The van der Waals surface area contributed by atoms with Gasteiger partial charge in [-0.25, -0.2) is 4.79 Å². The first-order valence-corrected chi connectivity index (χ1v) is 5.80. The van der Waals surface area contributed by atoms with Crippen LogP contribution in [-0.2, 0) is 19.1 Å². The van der Waals surface area contributed by atoms with Crippen LogP contribution in [0.4, 0.5) is 43.9 Å². The standard InChI is InChI=1S/C11H8F10O4/c1-5(7(23)25-4-9(14,15)11(19,20)21)2-6(22)24-3-8(12,13)10(16,17)18/h1-4H2. The largest absolute Gasteiger partial charge is 0.459 e. The van der Waals surface area contributed by atoms with Crippen LogP contribution in [0.25, 0.3) is 0 Å². The van der Waals surface area contributed by atoms with Gasteiger partial charge in [0.15, 0.2) is 13.2 Å². The molecule has 0 amide bonds. The van der Waals surface area contributed by atoms with Crippen LogP contribution < -0.4 is 0 Å². The minimum absolute atomic E-state index is 1.10. The first-order valence-electron chi connectivity index (χ1n) is 5.80. The zero-order chi connectivity index (χ0) is 20.3. The Hall–Kier alpha value is -2.02. The lowest BCUT2D eigenvalue weighted by atomic mass is 10.2. The number of hydrogen-bond acceptors (Lipinski definition) is 4. The summed E-state index contributed by atoms with van der Waals surface area (Å²) in [7, 11) is 0. The molecule has 0 saturated heterocycles. The SMILES string of the molecule is C=C(CC(=O)OCC(F)(F)C(F)(F)F)C(=O)OCC(F)(F)C(F)(F)F. The second-order valence-electron chi connectivity index (χ2n) is 4.42. The molecule has 0 aliphatic rings. The summed E-state index contributed by atoms with van der Waals surface area (Å²) in [6.45, 7) is -2.14. The van der Waals surface area contributed by atoms with Crippen molar-refractivity contribution in [3.05, 3.63) is 12.2 Å². The molecule has 0 aromatic rings. The fraction of sp³-hybridized carbons (Fsp3) is 0.636. The van der Waals surface area contributed by atoms with E-state index < -0.39 is 61.3 Å². The van der Waals surface area contributed by atoms with Crippen molar-refractivity contribution in [2.45, 2.75) is 30.6 Å². The highest BCUT2D eigenvalue weighted by molar-refractivity contribution is 5.93. The number of ether oxygens (including phenoxy) is 2. The lowest BCUT2D eigenvalue weighted by molar-refractivity contribution is -0.294. The molecule has 0 unspecified atom stereocenters. The normalized spacial score (nSPS) is 13.4. The van der Waals surface area contributed by atoms with E-state index in [4.69, 9.17) is 0 Å². The lowest BCUT2D eigenvalue weighted by Gasteiger charge is -2.20. The van der Waals surface area contributed by atoms with Crippen LogP contribution in [0.2, 0.25) is 0 Å². The second kappa shape index (κ2) is 7.47. The summed E-state index contributed by atoms with van der Waals surface area (Å²) in [5, 5.41) is 0. The van der Waals surface area contributed by atoms with Gasteiger partial charge < -0.3 is 9.47 Å². The number of alkyl halides is 10. The molecule has 0 atom stereocenters. The predicted molar refractivity (Wildman–Crippen MR) is 57.7 cm³/mol. The zero-order valence-corrected chi connectivity index (χ0v) is 11.7. The van der Waals surface area contributed by atoms with Crippen molar-refractivity contribution in [1.29, 1.82) is 0 Å². The van der Waals surface area contributed by atoms with Crippen molar-refractivity contribution >= 4 is 11.9 Å². The molecule has 0 aliphatic heterocycles. The van der Waals surface area contributed by atoms with Gasteiger partial charge in [0.2, 0.25) is 0 Å². The van der Waals surface area contributed by atoms with E-state index in [-0.39, 0.29) is 0 Å². The number of rotatable bonds is 7. The number of carbonyl (C=O) groups excluding carboxylic acids is 2.